The Bertz CT molecular complexity index is 1190. The summed E-state index contributed by atoms with van der Waals surface area (Å²) >= 11 is 12.8. The van der Waals surface area contributed by atoms with Crippen molar-refractivity contribution in [2.24, 2.45) is 0 Å². The average Bonchev–Trinajstić information content (AvgIpc) is 3.13. The Kier molecular flexibility index (Phi) is 5.19. The Morgan fingerprint density at radius 1 is 1.13 bits per heavy atom. The van der Waals surface area contributed by atoms with Gasteiger partial charge in [0.1, 0.15) is 6.04 Å². The number of aromatic nitrogens is 1. The summed E-state index contributed by atoms with van der Waals surface area (Å²) in [4.78, 5) is 33.8. The molecule has 5 nitrogen and oxygen atoms in total. The molecule has 1 fully saturated rings. The van der Waals surface area contributed by atoms with E-state index in [1.165, 1.54) is 0 Å². The first-order valence-electron chi connectivity index (χ1n) is 10.6. The molecule has 0 saturated carbocycles. The molecule has 2 aromatic carbocycles. The Morgan fingerprint density at radius 2 is 1.94 bits per heavy atom. The summed E-state index contributed by atoms with van der Waals surface area (Å²) in [7, 11) is 0. The molecule has 1 aromatic heterocycles. The number of nitrogens with zero attached hydrogens (tertiary/aromatic N) is 2. The molecule has 5 rings (SSSR count). The van der Waals surface area contributed by atoms with Gasteiger partial charge in [-0.25, -0.2) is 0 Å². The molecule has 0 unspecified atom stereocenters. The van der Waals surface area contributed by atoms with E-state index in [-0.39, 0.29) is 18.4 Å². The first-order valence-corrected chi connectivity index (χ1v) is 11.4. The standard InChI is InChI=1S/C24H23Cl2N3O2/c1-2-3-10-28-13-21(30)29-20(24(28)31)12-17-15-6-4-5-7-19(15)27-22(17)23(29)16-9-8-14(25)11-18(16)26/h4-9,11,20,23,27H,2-3,10,12-13H2,1H3/t20-,23-/m0/s1. The van der Waals surface area contributed by atoms with Crippen molar-refractivity contribution in [1.82, 2.24) is 14.8 Å². The van der Waals surface area contributed by atoms with E-state index in [0.29, 0.717) is 23.0 Å². The van der Waals surface area contributed by atoms with Crippen LogP contribution in [0.15, 0.2) is 42.5 Å². The lowest BCUT2D eigenvalue weighted by Gasteiger charge is -2.47. The highest BCUT2D eigenvalue weighted by molar-refractivity contribution is 6.35. The first kappa shape index (κ1) is 20.4. The number of benzene rings is 2. The van der Waals surface area contributed by atoms with Crippen LogP contribution in [0.3, 0.4) is 0 Å². The van der Waals surface area contributed by atoms with Crippen molar-refractivity contribution >= 4 is 45.9 Å². The number of hydrogen-bond donors (Lipinski definition) is 1. The summed E-state index contributed by atoms with van der Waals surface area (Å²) in [5.41, 5.74) is 3.76. The fourth-order valence-electron chi connectivity index (χ4n) is 4.91. The number of halogens is 2. The number of amides is 2. The second-order valence-corrected chi connectivity index (χ2v) is 9.11. The largest absolute Gasteiger partial charge is 0.356 e. The Morgan fingerprint density at radius 3 is 2.71 bits per heavy atom. The highest BCUT2D eigenvalue weighted by atomic mass is 35.5. The van der Waals surface area contributed by atoms with Gasteiger partial charge in [0, 0.05) is 39.6 Å². The zero-order valence-electron chi connectivity index (χ0n) is 17.2. The monoisotopic (exact) mass is 455 g/mol. The smallest absolute Gasteiger partial charge is 0.246 e. The van der Waals surface area contributed by atoms with Crippen molar-refractivity contribution in [1.29, 1.82) is 0 Å². The first-order chi connectivity index (χ1) is 15.0. The number of aromatic amines is 1. The quantitative estimate of drug-likeness (QED) is 0.604. The van der Waals surface area contributed by atoms with Crippen LogP contribution in [-0.4, -0.2) is 45.7 Å². The lowest BCUT2D eigenvalue weighted by Crippen LogP contribution is -2.63. The maximum absolute atomic E-state index is 13.5. The van der Waals surface area contributed by atoms with Gasteiger partial charge in [-0.15, -0.1) is 0 Å². The fourth-order valence-corrected chi connectivity index (χ4v) is 5.42. The Balaban J connectivity index is 1.69. The van der Waals surface area contributed by atoms with E-state index in [0.717, 1.165) is 40.6 Å². The van der Waals surface area contributed by atoms with Gasteiger partial charge in [0.2, 0.25) is 11.8 Å². The SMILES string of the molecule is CCCCN1CC(=O)N2[C@@H](c3ccc(Cl)cc3Cl)c3[nH]c4ccccc4c3C[C@H]2C1=O. The normalized spacial score (nSPS) is 20.9. The molecule has 2 amide bonds. The molecule has 0 spiro atoms. The molecule has 31 heavy (non-hydrogen) atoms. The molecule has 0 bridgehead atoms. The highest BCUT2D eigenvalue weighted by Crippen LogP contribution is 2.44. The van der Waals surface area contributed by atoms with E-state index in [4.69, 9.17) is 23.2 Å². The predicted octanol–water partition coefficient (Wildman–Crippen LogP) is 4.96. The van der Waals surface area contributed by atoms with Crippen molar-refractivity contribution in [2.45, 2.75) is 38.3 Å². The van der Waals surface area contributed by atoms with Crippen LogP contribution >= 0.6 is 23.2 Å². The molecule has 0 radical (unpaired) electrons. The third kappa shape index (κ3) is 3.31. The molecular weight excluding hydrogens is 433 g/mol. The number of fused-ring (bicyclic) bond motifs is 4. The molecule has 3 heterocycles. The summed E-state index contributed by atoms with van der Waals surface area (Å²) < 4.78 is 0. The molecule has 7 heteroatoms. The molecule has 3 aromatic rings. The van der Waals surface area contributed by atoms with Gasteiger partial charge in [-0.05, 0) is 35.7 Å². The van der Waals surface area contributed by atoms with E-state index >= 15 is 0 Å². The molecule has 160 valence electrons. The minimum atomic E-state index is -0.540. The van der Waals surface area contributed by atoms with Crippen LogP contribution in [0.5, 0.6) is 0 Å². The predicted molar refractivity (Wildman–Crippen MR) is 122 cm³/mol. The number of hydrogen-bond acceptors (Lipinski definition) is 2. The second kappa shape index (κ2) is 7.88. The molecule has 2 atom stereocenters. The van der Waals surface area contributed by atoms with Crippen molar-refractivity contribution in [2.75, 3.05) is 13.1 Å². The average molecular weight is 456 g/mol. The molecule has 2 aliphatic rings. The number of carbonyl (C=O) groups is 2. The van der Waals surface area contributed by atoms with Gasteiger partial charge < -0.3 is 14.8 Å². The fraction of sp³-hybridized carbons (Fsp3) is 0.333. The van der Waals surface area contributed by atoms with E-state index in [2.05, 4.69) is 18.0 Å². The number of rotatable bonds is 4. The summed E-state index contributed by atoms with van der Waals surface area (Å²) in [5.74, 6) is -0.0416. The van der Waals surface area contributed by atoms with Crippen molar-refractivity contribution in [3.05, 3.63) is 69.3 Å². The van der Waals surface area contributed by atoms with Crippen molar-refractivity contribution in [3.8, 4) is 0 Å². The summed E-state index contributed by atoms with van der Waals surface area (Å²) in [6.07, 6.45) is 2.35. The second-order valence-electron chi connectivity index (χ2n) is 8.27. The van der Waals surface area contributed by atoms with Gasteiger partial charge in [0.15, 0.2) is 0 Å². The zero-order valence-corrected chi connectivity index (χ0v) is 18.7. The topological polar surface area (TPSA) is 56.4 Å². The Labute approximate surface area is 190 Å². The number of para-hydroxylation sites is 1. The lowest BCUT2D eigenvalue weighted by molar-refractivity contribution is -0.158. The van der Waals surface area contributed by atoms with Gasteiger partial charge in [-0.1, -0.05) is 60.8 Å². The van der Waals surface area contributed by atoms with Crippen LogP contribution in [0.1, 0.15) is 42.6 Å². The van der Waals surface area contributed by atoms with Crippen LogP contribution in [-0.2, 0) is 16.0 Å². The zero-order chi connectivity index (χ0) is 21.7. The number of nitrogens with one attached hydrogen (secondary N) is 1. The van der Waals surface area contributed by atoms with Crippen LogP contribution in [0.2, 0.25) is 10.0 Å². The van der Waals surface area contributed by atoms with E-state index < -0.39 is 12.1 Å². The van der Waals surface area contributed by atoms with Crippen molar-refractivity contribution < 1.29 is 9.59 Å². The third-order valence-corrected chi connectivity index (χ3v) is 6.94. The minimum Gasteiger partial charge on any atom is -0.356 e. The van der Waals surface area contributed by atoms with Gasteiger partial charge >= 0.3 is 0 Å². The number of unbranched alkanes of at least 4 members (excludes halogenated alkanes) is 1. The third-order valence-electron chi connectivity index (χ3n) is 6.38. The van der Waals surface area contributed by atoms with Gasteiger partial charge in [0.05, 0.1) is 12.6 Å². The molecular formula is C24H23Cl2N3O2. The maximum Gasteiger partial charge on any atom is 0.246 e. The maximum atomic E-state index is 13.5. The number of piperazine rings is 1. The van der Waals surface area contributed by atoms with Gasteiger partial charge in [-0.2, -0.15) is 0 Å². The molecule has 1 N–H and O–H groups in total. The van der Waals surface area contributed by atoms with Crippen LogP contribution < -0.4 is 0 Å². The number of H-pyrrole nitrogens is 1. The van der Waals surface area contributed by atoms with Crippen LogP contribution in [0, 0.1) is 0 Å². The van der Waals surface area contributed by atoms with Gasteiger partial charge in [-0.3, -0.25) is 9.59 Å². The summed E-state index contributed by atoms with van der Waals surface area (Å²) in [6, 6.07) is 12.4. The van der Waals surface area contributed by atoms with Crippen molar-refractivity contribution in [3.63, 3.8) is 0 Å². The summed E-state index contributed by atoms with van der Waals surface area (Å²) in [5, 5.41) is 2.10. The van der Waals surface area contributed by atoms with E-state index in [9.17, 15) is 9.59 Å². The number of carbonyl (C=O) groups excluding carboxylic acids is 2. The molecule has 1 saturated heterocycles. The molecule has 2 aliphatic heterocycles. The molecule has 0 aliphatic carbocycles. The summed E-state index contributed by atoms with van der Waals surface area (Å²) in [6.45, 7) is 2.80. The lowest BCUT2D eigenvalue weighted by atomic mass is 9.86. The van der Waals surface area contributed by atoms with Gasteiger partial charge in [0.25, 0.3) is 0 Å². The highest BCUT2D eigenvalue weighted by Gasteiger charge is 2.48. The van der Waals surface area contributed by atoms with Crippen LogP contribution in [0.4, 0.5) is 0 Å². The van der Waals surface area contributed by atoms with E-state index in [1.54, 1.807) is 21.9 Å². The van der Waals surface area contributed by atoms with E-state index in [1.807, 2.05) is 24.3 Å². The van der Waals surface area contributed by atoms with Crippen LogP contribution in [0.25, 0.3) is 10.9 Å². The Hall–Kier alpha value is -2.50. The minimum absolute atomic E-state index is 0.0130.